The minimum Gasteiger partial charge on any atom is -0.354 e. The number of aromatic amines is 1. The molecule has 0 atom stereocenters. The summed E-state index contributed by atoms with van der Waals surface area (Å²) in [6.45, 7) is 6.31. The van der Waals surface area contributed by atoms with Crippen molar-refractivity contribution in [3.05, 3.63) is 42.1 Å². The number of nitrogens with zero attached hydrogens (tertiary/aromatic N) is 5. The average molecular weight is 566 g/mol. The molecule has 3 heterocycles. The maximum atomic E-state index is 12.1. The summed E-state index contributed by atoms with van der Waals surface area (Å²) in [5.41, 5.74) is 3.43. The number of H-pyrrole nitrogens is 1. The molecule has 1 saturated heterocycles. The van der Waals surface area contributed by atoms with Crippen molar-refractivity contribution in [2.75, 3.05) is 48.3 Å². The van der Waals surface area contributed by atoms with Crippen molar-refractivity contribution in [3.8, 4) is 0 Å². The first-order valence-corrected chi connectivity index (χ1v) is 14.4. The van der Waals surface area contributed by atoms with Crippen molar-refractivity contribution in [1.29, 1.82) is 0 Å². The minimum atomic E-state index is -0.340. The summed E-state index contributed by atoms with van der Waals surface area (Å²) in [7, 11) is 0. The lowest BCUT2D eigenvalue weighted by atomic mass is 10.2. The molecule has 0 radical (unpaired) electrons. The van der Waals surface area contributed by atoms with E-state index in [1.54, 1.807) is 5.48 Å². The molecule has 2 amide bonds. The highest BCUT2D eigenvalue weighted by molar-refractivity contribution is 7.99. The third kappa shape index (κ3) is 7.93. The van der Waals surface area contributed by atoms with Gasteiger partial charge in [-0.05, 0) is 75.2 Å². The predicted octanol–water partition coefficient (Wildman–Crippen LogP) is 3.55. The van der Waals surface area contributed by atoms with Crippen molar-refractivity contribution >= 4 is 46.7 Å². The highest BCUT2D eigenvalue weighted by Crippen LogP contribution is 2.32. The molecule has 1 aromatic carbocycles. The summed E-state index contributed by atoms with van der Waals surface area (Å²) in [5, 5.41) is 22.7. The van der Waals surface area contributed by atoms with Gasteiger partial charge < -0.3 is 15.5 Å². The van der Waals surface area contributed by atoms with Gasteiger partial charge in [-0.15, -0.1) is 0 Å². The van der Waals surface area contributed by atoms with Crippen molar-refractivity contribution in [2.24, 2.45) is 5.92 Å². The number of benzene rings is 1. The number of nitrogens with one attached hydrogen (secondary N) is 4. The van der Waals surface area contributed by atoms with Crippen LogP contribution in [0.5, 0.6) is 0 Å². The van der Waals surface area contributed by atoms with Crippen molar-refractivity contribution in [2.45, 2.75) is 49.1 Å². The van der Waals surface area contributed by atoms with Gasteiger partial charge in [0.25, 0.3) is 0 Å². The maximum absolute atomic E-state index is 12.1. The van der Waals surface area contributed by atoms with Crippen LogP contribution in [0, 0.1) is 12.8 Å². The molecule has 3 aromatic rings. The summed E-state index contributed by atoms with van der Waals surface area (Å²) >= 11 is 1.47. The fraction of sp³-hybridized carbons (Fsp3) is 0.444. The molecule has 40 heavy (non-hydrogen) atoms. The Morgan fingerprint density at radius 3 is 2.50 bits per heavy atom. The van der Waals surface area contributed by atoms with E-state index < -0.39 is 0 Å². The molecule has 2 fully saturated rings. The van der Waals surface area contributed by atoms with Gasteiger partial charge in [-0.3, -0.25) is 24.8 Å². The van der Waals surface area contributed by atoms with Crippen LogP contribution in [0.1, 0.15) is 37.8 Å². The van der Waals surface area contributed by atoms with E-state index in [0.717, 1.165) is 80.5 Å². The topological polar surface area (TPSA) is 151 Å². The lowest BCUT2D eigenvalue weighted by molar-refractivity contribution is -0.129. The number of rotatable bonds is 12. The molecular weight excluding hydrogens is 530 g/mol. The van der Waals surface area contributed by atoms with Crippen molar-refractivity contribution in [1.82, 2.24) is 30.5 Å². The molecule has 1 aliphatic carbocycles. The van der Waals surface area contributed by atoms with E-state index in [-0.39, 0.29) is 17.7 Å². The van der Waals surface area contributed by atoms with Crippen LogP contribution in [0.2, 0.25) is 0 Å². The molecule has 5 rings (SSSR count). The first-order valence-electron chi connectivity index (χ1n) is 13.6. The molecule has 5 N–H and O–H groups in total. The molecule has 0 spiro atoms. The fourth-order valence-electron chi connectivity index (χ4n) is 4.48. The van der Waals surface area contributed by atoms with E-state index in [1.807, 2.05) is 43.3 Å². The first kappa shape index (κ1) is 27.9. The van der Waals surface area contributed by atoms with E-state index >= 15 is 0 Å². The van der Waals surface area contributed by atoms with Crippen LogP contribution in [0.25, 0.3) is 0 Å². The van der Waals surface area contributed by atoms with Gasteiger partial charge >= 0.3 is 0 Å². The number of anilines is 4. The molecule has 1 aliphatic heterocycles. The van der Waals surface area contributed by atoms with Crippen LogP contribution in [0.3, 0.4) is 0 Å². The number of hydrogen-bond donors (Lipinski definition) is 5. The third-order valence-electron chi connectivity index (χ3n) is 6.88. The molecule has 2 aromatic heterocycles. The molecule has 13 heteroatoms. The van der Waals surface area contributed by atoms with Gasteiger partial charge in [0.2, 0.25) is 11.8 Å². The van der Waals surface area contributed by atoms with Gasteiger partial charge in [0.1, 0.15) is 11.6 Å². The van der Waals surface area contributed by atoms with Crippen LogP contribution >= 0.6 is 11.8 Å². The Labute approximate surface area is 237 Å². The number of aromatic nitrogens is 4. The maximum Gasteiger partial charge on any atom is 0.243 e. The van der Waals surface area contributed by atoms with Gasteiger partial charge in [-0.2, -0.15) is 5.10 Å². The van der Waals surface area contributed by atoms with E-state index in [4.69, 9.17) is 15.2 Å². The van der Waals surface area contributed by atoms with Gasteiger partial charge in [0.05, 0.1) is 0 Å². The molecule has 0 unspecified atom stereocenters. The second kappa shape index (κ2) is 13.1. The van der Waals surface area contributed by atoms with Crippen LogP contribution in [0.4, 0.5) is 23.1 Å². The zero-order valence-corrected chi connectivity index (χ0v) is 23.3. The SMILES string of the molecule is Cc1cc(Nc2cc(N3CCN(CCCCC(=O)NO)CC3)nc(Sc3ccc(NC(=O)C4CC4)cc3)n2)n[nH]1. The number of unbranched alkanes of at least 4 members (excludes halogenated alkanes) is 1. The van der Waals surface area contributed by atoms with Crippen LogP contribution < -0.4 is 21.0 Å². The molecule has 212 valence electrons. The second-order valence-electron chi connectivity index (χ2n) is 10.2. The van der Waals surface area contributed by atoms with Gasteiger partial charge in [-0.25, -0.2) is 15.4 Å². The van der Waals surface area contributed by atoms with E-state index in [9.17, 15) is 9.59 Å². The Hall–Kier alpha value is -3.68. The van der Waals surface area contributed by atoms with Gasteiger partial charge in [0, 0.05) is 66.9 Å². The van der Waals surface area contributed by atoms with Crippen LogP contribution in [-0.4, -0.2) is 74.8 Å². The Kier molecular flexibility index (Phi) is 9.14. The highest BCUT2D eigenvalue weighted by atomic mass is 32.2. The molecule has 1 saturated carbocycles. The summed E-state index contributed by atoms with van der Waals surface area (Å²) < 4.78 is 0. The number of carbonyl (C=O) groups excluding carboxylic acids is 2. The average Bonchev–Trinajstić information content (AvgIpc) is 3.74. The van der Waals surface area contributed by atoms with E-state index in [0.29, 0.717) is 23.2 Å². The standard InChI is InChI=1S/C27H35N9O3S/c1-18-16-23(33-32-18)29-22-17-24(36-14-12-35(13-15-36)11-3-2-4-25(37)34-39)31-27(30-22)40-21-9-7-20(8-10-21)28-26(38)19-5-6-19/h7-10,16-17,19,39H,2-6,11-15H2,1H3,(H,28,38)(H,34,37)(H2,29,30,31,32,33). The lowest BCUT2D eigenvalue weighted by Crippen LogP contribution is -2.47. The Bertz CT molecular complexity index is 1300. The Morgan fingerprint density at radius 1 is 1.05 bits per heavy atom. The normalized spacial score (nSPS) is 15.6. The second-order valence-corrected chi connectivity index (χ2v) is 11.2. The zero-order chi connectivity index (χ0) is 27.9. The number of piperazine rings is 1. The quantitative estimate of drug-likeness (QED) is 0.0954. The Morgan fingerprint density at radius 2 is 1.82 bits per heavy atom. The zero-order valence-electron chi connectivity index (χ0n) is 22.5. The summed E-state index contributed by atoms with van der Waals surface area (Å²) in [6.07, 6.45) is 3.93. The number of amides is 2. The van der Waals surface area contributed by atoms with Gasteiger partial charge in [0.15, 0.2) is 11.0 Å². The molecule has 2 aliphatic rings. The largest absolute Gasteiger partial charge is 0.354 e. The number of hydrogen-bond acceptors (Lipinski definition) is 10. The molecule has 0 bridgehead atoms. The summed E-state index contributed by atoms with van der Waals surface area (Å²) in [5.74, 6) is 2.12. The smallest absolute Gasteiger partial charge is 0.243 e. The van der Waals surface area contributed by atoms with E-state index in [1.165, 1.54) is 11.8 Å². The number of carbonyl (C=O) groups is 2. The predicted molar refractivity (Wildman–Crippen MR) is 153 cm³/mol. The lowest BCUT2D eigenvalue weighted by Gasteiger charge is -2.35. The van der Waals surface area contributed by atoms with Crippen LogP contribution in [-0.2, 0) is 9.59 Å². The summed E-state index contributed by atoms with van der Waals surface area (Å²) in [4.78, 5) is 38.5. The summed E-state index contributed by atoms with van der Waals surface area (Å²) in [6, 6.07) is 11.6. The number of hydroxylamine groups is 1. The monoisotopic (exact) mass is 565 g/mol. The third-order valence-corrected chi connectivity index (χ3v) is 7.76. The minimum absolute atomic E-state index is 0.0925. The number of aryl methyl sites for hydroxylation is 1. The molecular formula is C27H35N9O3S. The first-order chi connectivity index (χ1) is 19.4. The van der Waals surface area contributed by atoms with E-state index in [2.05, 4.69) is 30.6 Å². The highest BCUT2D eigenvalue weighted by Gasteiger charge is 2.29. The fourth-order valence-corrected chi connectivity index (χ4v) is 5.24. The van der Waals surface area contributed by atoms with Gasteiger partial charge in [-0.1, -0.05) is 0 Å². The van der Waals surface area contributed by atoms with Crippen LogP contribution in [0.15, 0.2) is 46.5 Å². The van der Waals surface area contributed by atoms with Crippen molar-refractivity contribution < 1.29 is 14.8 Å². The van der Waals surface area contributed by atoms with Crippen molar-refractivity contribution in [3.63, 3.8) is 0 Å². The Balaban J connectivity index is 1.24. The molecule has 12 nitrogen and oxygen atoms in total.